The standard InChI is InChI=1S/C12H11NO3/c1-2-3-8-13-11(14)9-6-4-5-7-10(9)12(15)16/h4-7H,8H2,1H3,(H,13,14)(H,15,16). The fourth-order valence-electron chi connectivity index (χ4n) is 1.18. The molecule has 0 radical (unpaired) electrons. The maximum absolute atomic E-state index is 11.6. The number of hydrogen-bond acceptors (Lipinski definition) is 2. The van der Waals surface area contributed by atoms with Crippen LogP contribution in [0, 0.1) is 11.8 Å². The van der Waals surface area contributed by atoms with Crippen molar-refractivity contribution in [3.05, 3.63) is 35.4 Å². The number of amides is 1. The summed E-state index contributed by atoms with van der Waals surface area (Å²) in [4.78, 5) is 22.5. The Balaban J connectivity index is 2.89. The Hall–Kier alpha value is -2.28. The number of carboxylic acids is 1. The first kappa shape index (κ1) is 11.8. The highest BCUT2D eigenvalue weighted by atomic mass is 16.4. The molecule has 0 aromatic heterocycles. The van der Waals surface area contributed by atoms with Gasteiger partial charge in [0.1, 0.15) is 0 Å². The highest BCUT2D eigenvalue weighted by Crippen LogP contribution is 2.08. The van der Waals surface area contributed by atoms with Gasteiger partial charge in [0, 0.05) is 0 Å². The number of carbonyl (C=O) groups is 2. The average molecular weight is 217 g/mol. The van der Waals surface area contributed by atoms with Gasteiger partial charge in [0.2, 0.25) is 0 Å². The zero-order valence-electron chi connectivity index (χ0n) is 8.78. The largest absolute Gasteiger partial charge is 0.478 e. The van der Waals surface area contributed by atoms with Crippen molar-refractivity contribution in [3.8, 4) is 11.8 Å². The van der Waals surface area contributed by atoms with Crippen LogP contribution in [-0.2, 0) is 0 Å². The Morgan fingerprint density at radius 3 is 2.50 bits per heavy atom. The normalized spacial score (nSPS) is 8.81. The van der Waals surface area contributed by atoms with Crippen molar-refractivity contribution in [2.24, 2.45) is 0 Å². The molecule has 0 aliphatic carbocycles. The summed E-state index contributed by atoms with van der Waals surface area (Å²) in [5.41, 5.74) is 0.136. The SMILES string of the molecule is CC#CCNC(=O)c1ccccc1C(=O)O. The quantitative estimate of drug-likeness (QED) is 0.746. The van der Waals surface area contributed by atoms with E-state index in [4.69, 9.17) is 5.11 Å². The van der Waals surface area contributed by atoms with E-state index in [1.54, 1.807) is 19.1 Å². The van der Waals surface area contributed by atoms with Gasteiger partial charge in [0.15, 0.2) is 0 Å². The van der Waals surface area contributed by atoms with Gasteiger partial charge in [-0.3, -0.25) is 4.79 Å². The molecule has 4 nitrogen and oxygen atoms in total. The van der Waals surface area contributed by atoms with Crippen LogP contribution < -0.4 is 5.32 Å². The predicted octanol–water partition coefficient (Wildman–Crippen LogP) is 1.14. The molecule has 4 heteroatoms. The third-order valence-electron chi connectivity index (χ3n) is 1.92. The Morgan fingerprint density at radius 2 is 1.94 bits per heavy atom. The number of aromatic carboxylic acids is 1. The summed E-state index contributed by atoms with van der Waals surface area (Å²) in [7, 11) is 0. The molecule has 1 aromatic carbocycles. The van der Waals surface area contributed by atoms with E-state index in [0.717, 1.165) is 0 Å². The van der Waals surface area contributed by atoms with Crippen LogP contribution in [-0.4, -0.2) is 23.5 Å². The lowest BCUT2D eigenvalue weighted by Crippen LogP contribution is -2.25. The molecule has 82 valence electrons. The summed E-state index contributed by atoms with van der Waals surface area (Å²) >= 11 is 0. The molecular weight excluding hydrogens is 206 g/mol. The Kier molecular flexibility index (Phi) is 4.10. The van der Waals surface area contributed by atoms with Gasteiger partial charge in [-0.15, -0.1) is 5.92 Å². The highest BCUT2D eigenvalue weighted by Gasteiger charge is 2.14. The number of carbonyl (C=O) groups excluding carboxylic acids is 1. The van der Waals surface area contributed by atoms with E-state index in [1.807, 2.05) is 0 Å². The van der Waals surface area contributed by atoms with Crippen LogP contribution in [0.1, 0.15) is 27.6 Å². The second-order valence-electron chi connectivity index (χ2n) is 2.96. The summed E-state index contributed by atoms with van der Waals surface area (Å²) in [5.74, 6) is 3.75. The van der Waals surface area contributed by atoms with Gasteiger partial charge in [-0.05, 0) is 19.1 Å². The zero-order chi connectivity index (χ0) is 12.0. The first-order chi connectivity index (χ1) is 7.66. The molecule has 0 unspecified atom stereocenters. The van der Waals surface area contributed by atoms with Gasteiger partial charge in [-0.1, -0.05) is 18.1 Å². The van der Waals surface area contributed by atoms with E-state index < -0.39 is 11.9 Å². The molecule has 0 bridgehead atoms. The van der Waals surface area contributed by atoms with Crippen molar-refractivity contribution in [2.45, 2.75) is 6.92 Å². The summed E-state index contributed by atoms with van der Waals surface area (Å²) in [5, 5.41) is 11.4. The zero-order valence-corrected chi connectivity index (χ0v) is 8.78. The fraction of sp³-hybridized carbons (Fsp3) is 0.167. The molecule has 0 aliphatic heterocycles. The van der Waals surface area contributed by atoms with Gasteiger partial charge < -0.3 is 10.4 Å². The van der Waals surface area contributed by atoms with Crippen LogP contribution in [0.5, 0.6) is 0 Å². The number of benzene rings is 1. The number of nitrogens with one attached hydrogen (secondary N) is 1. The van der Waals surface area contributed by atoms with Crippen LogP contribution in [0.2, 0.25) is 0 Å². The van der Waals surface area contributed by atoms with Gasteiger partial charge >= 0.3 is 5.97 Å². The smallest absolute Gasteiger partial charge is 0.336 e. The summed E-state index contributed by atoms with van der Waals surface area (Å²) < 4.78 is 0. The average Bonchev–Trinajstić information content (AvgIpc) is 2.29. The summed E-state index contributed by atoms with van der Waals surface area (Å²) in [6.45, 7) is 1.88. The van der Waals surface area contributed by atoms with E-state index in [9.17, 15) is 9.59 Å². The lowest BCUT2D eigenvalue weighted by molar-refractivity contribution is 0.0691. The number of carboxylic acid groups (broad SMARTS) is 1. The van der Waals surface area contributed by atoms with Crippen LogP contribution >= 0.6 is 0 Å². The van der Waals surface area contributed by atoms with Crippen LogP contribution in [0.4, 0.5) is 0 Å². The molecule has 0 heterocycles. The molecule has 0 spiro atoms. The Labute approximate surface area is 93.3 Å². The second kappa shape index (κ2) is 5.56. The lowest BCUT2D eigenvalue weighted by atomic mass is 10.1. The van der Waals surface area contributed by atoms with Gasteiger partial charge in [0.05, 0.1) is 17.7 Å². The van der Waals surface area contributed by atoms with Crippen molar-refractivity contribution in [1.29, 1.82) is 0 Å². The van der Waals surface area contributed by atoms with Gasteiger partial charge in [0.25, 0.3) is 5.91 Å². The predicted molar refractivity (Wildman–Crippen MR) is 59.2 cm³/mol. The maximum Gasteiger partial charge on any atom is 0.336 e. The van der Waals surface area contributed by atoms with Crippen molar-refractivity contribution in [3.63, 3.8) is 0 Å². The Morgan fingerprint density at radius 1 is 1.31 bits per heavy atom. The molecule has 0 saturated heterocycles. The van der Waals surface area contributed by atoms with E-state index in [-0.39, 0.29) is 17.7 Å². The fourth-order valence-corrected chi connectivity index (χ4v) is 1.18. The first-order valence-corrected chi connectivity index (χ1v) is 4.67. The minimum atomic E-state index is -1.12. The third kappa shape index (κ3) is 2.85. The topological polar surface area (TPSA) is 66.4 Å². The van der Waals surface area contributed by atoms with Crippen LogP contribution in [0.3, 0.4) is 0 Å². The molecule has 0 saturated carbocycles. The molecule has 0 aliphatic rings. The number of hydrogen-bond donors (Lipinski definition) is 2. The summed E-state index contributed by atoms with van der Waals surface area (Å²) in [6.07, 6.45) is 0. The first-order valence-electron chi connectivity index (χ1n) is 4.67. The summed E-state index contributed by atoms with van der Waals surface area (Å²) in [6, 6.07) is 6.06. The van der Waals surface area contributed by atoms with Crippen molar-refractivity contribution >= 4 is 11.9 Å². The van der Waals surface area contributed by atoms with Crippen molar-refractivity contribution in [1.82, 2.24) is 5.32 Å². The number of rotatable bonds is 3. The molecule has 0 atom stereocenters. The molecule has 0 fully saturated rings. The molecule has 1 amide bonds. The van der Waals surface area contributed by atoms with Crippen LogP contribution in [0.15, 0.2) is 24.3 Å². The van der Waals surface area contributed by atoms with Gasteiger partial charge in [-0.25, -0.2) is 4.79 Å². The van der Waals surface area contributed by atoms with E-state index in [2.05, 4.69) is 17.2 Å². The molecule has 2 N–H and O–H groups in total. The molecule has 1 aromatic rings. The minimum Gasteiger partial charge on any atom is -0.478 e. The van der Waals surface area contributed by atoms with Gasteiger partial charge in [-0.2, -0.15) is 0 Å². The maximum atomic E-state index is 11.6. The highest BCUT2D eigenvalue weighted by molar-refractivity contribution is 6.04. The minimum absolute atomic E-state index is 0.00976. The van der Waals surface area contributed by atoms with Crippen molar-refractivity contribution < 1.29 is 14.7 Å². The van der Waals surface area contributed by atoms with E-state index >= 15 is 0 Å². The molecular formula is C12H11NO3. The van der Waals surface area contributed by atoms with Crippen molar-refractivity contribution in [2.75, 3.05) is 6.54 Å². The van der Waals surface area contributed by atoms with E-state index in [1.165, 1.54) is 12.1 Å². The van der Waals surface area contributed by atoms with Crippen LogP contribution in [0.25, 0.3) is 0 Å². The molecule has 16 heavy (non-hydrogen) atoms. The molecule has 1 rings (SSSR count). The lowest BCUT2D eigenvalue weighted by Gasteiger charge is -2.04. The second-order valence-corrected chi connectivity index (χ2v) is 2.96. The third-order valence-corrected chi connectivity index (χ3v) is 1.92. The van der Waals surface area contributed by atoms with E-state index in [0.29, 0.717) is 0 Å². The Bertz CT molecular complexity index is 469. The monoisotopic (exact) mass is 217 g/mol.